The van der Waals surface area contributed by atoms with Crippen molar-refractivity contribution < 1.29 is 27.0 Å². The Morgan fingerprint density at radius 3 is 2.68 bits per heavy atom. The third-order valence-corrected chi connectivity index (χ3v) is 3.96. The van der Waals surface area contributed by atoms with E-state index in [4.69, 9.17) is 9.47 Å². The molecule has 2 heterocycles. The first-order valence-corrected chi connectivity index (χ1v) is 8.09. The van der Waals surface area contributed by atoms with Crippen LogP contribution in [0.1, 0.15) is 11.1 Å². The molecule has 4 rings (SSSR count). The molecular formula is C18H12F4N4O2. The van der Waals surface area contributed by atoms with E-state index in [1.165, 1.54) is 6.20 Å². The van der Waals surface area contributed by atoms with Crippen LogP contribution >= 0.6 is 0 Å². The molecule has 6 nitrogen and oxygen atoms in total. The van der Waals surface area contributed by atoms with E-state index in [-0.39, 0.29) is 24.8 Å². The standard InChI is InChI=1S/C18H12F4N4O2/c19-13-4-10(3-12(6-13)18(20,21)22)7-23-17-25-14(8-24-26-17)11-1-2-15-16(5-11)28-9-27-15/h1-6,8H,7,9H2,(H,23,25,26). The summed E-state index contributed by atoms with van der Waals surface area (Å²) in [6.07, 6.45) is -3.19. The Bertz CT molecular complexity index is 1030. The maximum Gasteiger partial charge on any atom is 0.416 e. The van der Waals surface area contributed by atoms with Crippen LogP contribution in [0.4, 0.5) is 23.5 Å². The monoisotopic (exact) mass is 392 g/mol. The molecule has 1 N–H and O–H groups in total. The minimum Gasteiger partial charge on any atom is -0.454 e. The molecule has 1 aliphatic rings. The predicted octanol–water partition coefficient (Wildman–Crippen LogP) is 4.04. The highest BCUT2D eigenvalue weighted by atomic mass is 19.4. The lowest BCUT2D eigenvalue weighted by Gasteiger charge is -2.10. The topological polar surface area (TPSA) is 69.2 Å². The Labute approximate surface area is 156 Å². The van der Waals surface area contributed by atoms with Crippen LogP contribution < -0.4 is 14.8 Å². The third kappa shape index (κ3) is 3.80. The van der Waals surface area contributed by atoms with Crippen LogP contribution in [0.3, 0.4) is 0 Å². The van der Waals surface area contributed by atoms with Gasteiger partial charge in [-0.3, -0.25) is 0 Å². The molecule has 0 saturated heterocycles. The highest BCUT2D eigenvalue weighted by Gasteiger charge is 2.31. The SMILES string of the molecule is Fc1cc(CNc2nncc(-c3ccc4c(c3)OCO4)n2)cc(C(F)(F)F)c1. The van der Waals surface area contributed by atoms with Crippen molar-refractivity contribution in [2.75, 3.05) is 12.1 Å². The van der Waals surface area contributed by atoms with Gasteiger partial charge in [0.05, 0.1) is 17.5 Å². The smallest absolute Gasteiger partial charge is 0.416 e. The Morgan fingerprint density at radius 2 is 1.86 bits per heavy atom. The normalized spacial score (nSPS) is 12.9. The fourth-order valence-corrected chi connectivity index (χ4v) is 2.67. The number of alkyl halides is 3. The first kappa shape index (κ1) is 18.0. The quantitative estimate of drug-likeness (QED) is 0.676. The van der Waals surface area contributed by atoms with Crippen molar-refractivity contribution in [1.82, 2.24) is 15.2 Å². The van der Waals surface area contributed by atoms with Gasteiger partial charge in [-0.2, -0.15) is 18.3 Å². The van der Waals surface area contributed by atoms with Gasteiger partial charge < -0.3 is 14.8 Å². The Balaban J connectivity index is 1.52. The number of nitrogens with zero attached hydrogens (tertiary/aromatic N) is 3. The number of aromatic nitrogens is 3. The number of halogens is 4. The highest BCUT2D eigenvalue weighted by Crippen LogP contribution is 2.35. The minimum atomic E-state index is -4.63. The molecule has 2 aromatic carbocycles. The van der Waals surface area contributed by atoms with E-state index in [1.54, 1.807) is 18.2 Å². The zero-order chi connectivity index (χ0) is 19.7. The van der Waals surface area contributed by atoms with Crippen LogP contribution in [0, 0.1) is 5.82 Å². The number of fused-ring (bicyclic) bond motifs is 1. The number of rotatable bonds is 4. The molecular weight excluding hydrogens is 380 g/mol. The van der Waals surface area contributed by atoms with E-state index in [0.29, 0.717) is 28.8 Å². The average molecular weight is 392 g/mol. The first-order chi connectivity index (χ1) is 13.4. The van der Waals surface area contributed by atoms with E-state index in [9.17, 15) is 17.6 Å². The summed E-state index contributed by atoms with van der Waals surface area (Å²) in [6, 6.07) is 7.56. The summed E-state index contributed by atoms with van der Waals surface area (Å²) in [7, 11) is 0. The maximum absolute atomic E-state index is 13.5. The summed E-state index contributed by atoms with van der Waals surface area (Å²) in [5.41, 5.74) is 0.222. The van der Waals surface area contributed by atoms with Crippen molar-refractivity contribution in [3.8, 4) is 22.8 Å². The number of nitrogens with one attached hydrogen (secondary N) is 1. The van der Waals surface area contributed by atoms with Crippen molar-refractivity contribution in [2.24, 2.45) is 0 Å². The Kier molecular flexibility index (Phi) is 4.46. The van der Waals surface area contributed by atoms with Gasteiger partial charge in [-0.15, -0.1) is 5.10 Å². The summed E-state index contributed by atoms with van der Waals surface area (Å²) in [4.78, 5) is 4.28. The molecule has 0 bridgehead atoms. The fraction of sp³-hybridized carbons (Fsp3) is 0.167. The molecule has 0 saturated carbocycles. The molecule has 3 aromatic rings. The minimum absolute atomic E-state index is 0.0907. The molecule has 0 unspecified atom stereocenters. The highest BCUT2D eigenvalue weighted by molar-refractivity contribution is 5.64. The summed E-state index contributed by atoms with van der Waals surface area (Å²) < 4.78 is 62.5. The second-order valence-corrected chi connectivity index (χ2v) is 5.93. The van der Waals surface area contributed by atoms with Gasteiger partial charge in [-0.25, -0.2) is 9.37 Å². The number of anilines is 1. The van der Waals surface area contributed by atoms with Crippen molar-refractivity contribution in [3.63, 3.8) is 0 Å². The molecule has 0 fully saturated rings. The molecule has 1 aliphatic heterocycles. The van der Waals surface area contributed by atoms with Crippen LogP contribution in [0.25, 0.3) is 11.3 Å². The van der Waals surface area contributed by atoms with Crippen LogP contribution in [0.15, 0.2) is 42.6 Å². The molecule has 0 spiro atoms. The summed E-state index contributed by atoms with van der Waals surface area (Å²) in [6.45, 7) is 0.0360. The lowest BCUT2D eigenvalue weighted by atomic mass is 10.1. The van der Waals surface area contributed by atoms with Gasteiger partial charge >= 0.3 is 6.18 Å². The largest absolute Gasteiger partial charge is 0.454 e. The van der Waals surface area contributed by atoms with Crippen molar-refractivity contribution in [3.05, 3.63) is 59.5 Å². The molecule has 28 heavy (non-hydrogen) atoms. The van der Waals surface area contributed by atoms with E-state index < -0.39 is 17.6 Å². The number of hydrogen-bond acceptors (Lipinski definition) is 6. The average Bonchev–Trinajstić information content (AvgIpc) is 3.13. The van der Waals surface area contributed by atoms with Crippen LogP contribution in [-0.4, -0.2) is 22.0 Å². The zero-order valence-corrected chi connectivity index (χ0v) is 14.1. The van der Waals surface area contributed by atoms with Gasteiger partial charge in [0.25, 0.3) is 0 Å². The van der Waals surface area contributed by atoms with Gasteiger partial charge in [-0.1, -0.05) is 0 Å². The second-order valence-electron chi connectivity index (χ2n) is 5.93. The van der Waals surface area contributed by atoms with E-state index in [2.05, 4.69) is 20.5 Å². The Morgan fingerprint density at radius 1 is 1.04 bits per heavy atom. The number of ether oxygens (including phenoxy) is 2. The summed E-state index contributed by atoms with van der Waals surface area (Å²) in [5, 5.41) is 10.4. The van der Waals surface area contributed by atoms with E-state index in [0.717, 1.165) is 12.1 Å². The molecule has 0 amide bonds. The third-order valence-electron chi connectivity index (χ3n) is 3.96. The van der Waals surface area contributed by atoms with Gasteiger partial charge in [-0.05, 0) is 42.0 Å². The Hall–Kier alpha value is -3.43. The van der Waals surface area contributed by atoms with E-state index >= 15 is 0 Å². The van der Waals surface area contributed by atoms with Gasteiger partial charge in [0.2, 0.25) is 12.7 Å². The van der Waals surface area contributed by atoms with Gasteiger partial charge in [0.15, 0.2) is 11.5 Å². The van der Waals surface area contributed by atoms with Crippen molar-refractivity contribution in [2.45, 2.75) is 12.7 Å². The molecule has 1 aromatic heterocycles. The van der Waals surface area contributed by atoms with Crippen molar-refractivity contribution >= 4 is 5.95 Å². The van der Waals surface area contributed by atoms with E-state index in [1.807, 2.05) is 0 Å². The van der Waals surface area contributed by atoms with Gasteiger partial charge in [0, 0.05) is 12.1 Å². The number of hydrogen-bond donors (Lipinski definition) is 1. The zero-order valence-electron chi connectivity index (χ0n) is 14.1. The fourth-order valence-electron chi connectivity index (χ4n) is 2.67. The predicted molar refractivity (Wildman–Crippen MR) is 90.1 cm³/mol. The van der Waals surface area contributed by atoms with Crippen LogP contribution in [0.5, 0.6) is 11.5 Å². The van der Waals surface area contributed by atoms with Crippen LogP contribution in [0.2, 0.25) is 0 Å². The number of benzene rings is 2. The van der Waals surface area contributed by atoms with Crippen molar-refractivity contribution in [1.29, 1.82) is 0 Å². The lowest BCUT2D eigenvalue weighted by Crippen LogP contribution is -2.09. The molecule has 144 valence electrons. The van der Waals surface area contributed by atoms with Gasteiger partial charge in [0.1, 0.15) is 5.82 Å². The maximum atomic E-state index is 13.5. The van der Waals surface area contributed by atoms with Crippen LogP contribution in [-0.2, 0) is 12.7 Å². The summed E-state index contributed by atoms with van der Waals surface area (Å²) >= 11 is 0. The molecule has 0 radical (unpaired) electrons. The molecule has 0 atom stereocenters. The summed E-state index contributed by atoms with van der Waals surface area (Å²) in [5.74, 6) is 0.313. The first-order valence-electron chi connectivity index (χ1n) is 8.09. The second kappa shape index (κ2) is 6.95. The molecule has 0 aliphatic carbocycles. The lowest BCUT2D eigenvalue weighted by molar-refractivity contribution is -0.137. The molecule has 10 heteroatoms.